The van der Waals surface area contributed by atoms with Crippen LogP contribution in [0.2, 0.25) is 5.02 Å². The van der Waals surface area contributed by atoms with Crippen LogP contribution in [0.5, 0.6) is 0 Å². The van der Waals surface area contributed by atoms with Crippen LogP contribution in [0, 0.1) is 0 Å². The zero-order chi connectivity index (χ0) is 22.8. The van der Waals surface area contributed by atoms with Gasteiger partial charge in [-0.25, -0.2) is 5.01 Å². The van der Waals surface area contributed by atoms with Crippen molar-refractivity contribution in [1.29, 1.82) is 0 Å². The molecule has 3 aromatic heterocycles. The van der Waals surface area contributed by atoms with Crippen LogP contribution in [0.1, 0.15) is 30.7 Å². The van der Waals surface area contributed by atoms with Crippen LogP contribution < -0.4 is 0 Å². The van der Waals surface area contributed by atoms with Crippen LogP contribution in [0.15, 0.2) is 80.1 Å². The minimum atomic E-state index is -0.304. The number of thioether (sulfide) groups is 1. The van der Waals surface area contributed by atoms with Crippen LogP contribution in [0.4, 0.5) is 0 Å². The normalized spacial score (nSPS) is 15.8. The molecule has 1 atom stereocenters. The molecule has 0 saturated carbocycles. The Balaban J connectivity index is 1.36. The number of hydrogen-bond donors (Lipinski definition) is 0. The van der Waals surface area contributed by atoms with Crippen molar-refractivity contribution in [3.05, 3.63) is 77.4 Å². The van der Waals surface area contributed by atoms with Crippen molar-refractivity contribution in [2.45, 2.75) is 31.1 Å². The summed E-state index contributed by atoms with van der Waals surface area (Å²) in [5, 5.41) is 16.0. The molecule has 0 N–H and O–H groups in total. The third-order valence-electron chi connectivity index (χ3n) is 5.31. The van der Waals surface area contributed by atoms with E-state index >= 15 is 0 Å². The van der Waals surface area contributed by atoms with Crippen LogP contribution in [-0.4, -0.2) is 37.1 Å². The number of rotatable bonds is 7. The van der Waals surface area contributed by atoms with Gasteiger partial charge < -0.3 is 8.83 Å². The first kappa shape index (κ1) is 21.5. The number of benzene rings is 1. The number of furan rings is 2. The van der Waals surface area contributed by atoms with E-state index in [-0.39, 0.29) is 17.7 Å². The maximum absolute atomic E-state index is 13.2. The molecule has 1 aromatic carbocycles. The third kappa shape index (κ3) is 4.34. The van der Waals surface area contributed by atoms with Gasteiger partial charge in [0.25, 0.3) is 5.91 Å². The van der Waals surface area contributed by atoms with Gasteiger partial charge in [-0.15, -0.1) is 10.2 Å². The first-order valence-electron chi connectivity index (χ1n) is 10.4. The minimum Gasteiger partial charge on any atom is -0.467 e. The summed E-state index contributed by atoms with van der Waals surface area (Å²) in [4.78, 5) is 13.2. The summed E-state index contributed by atoms with van der Waals surface area (Å²) < 4.78 is 13.0. The zero-order valence-electron chi connectivity index (χ0n) is 17.7. The van der Waals surface area contributed by atoms with Crippen molar-refractivity contribution in [3.63, 3.8) is 0 Å². The molecule has 0 saturated heterocycles. The molecule has 5 rings (SSSR count). The van der Waals surface area contributed by atoms with Crippen molar-refractivity contribution in [3.8, 4) is 11.6 Å². The fourth-order valence-corrected chi connectivity index (χ4v) is 4.70. The highest BCUT2D eigenvalue weighted by Gasteiger charge is 2.35. The molecule has 0 spiro atoms. The molecule has 0 bridgehead atoms. The van der Waals surface area contributed by atoms with Crippen molar-refractivity contribution in [1.82, 2.24) is 19.8 Å². The lowest BCUT2D eigenvalue weighted by Gasteiger charge is -2.19. The lowest BCUT2D eigenvalue weighted by Crippen LogP contribution is -2.28. The summed E-state index contributed by atoms with van der Waals surface area (Å²) in [6.45, 7) is 2.65. The monoisotopic (exact) mass is 481 g/mol. The Hall–Kier alpha value is -3.30. The second kappa shape index (κ2) is 9.29. The van der Waals surface area contributed by atoms with E-state index in [2.05, 4.69) is 15.3 Å². The first-order chi connectivity index (χ1) is 16.1. The Kier molecular flexibility index (Phi) is 6.06. The van der Waals surface area contributed by atoms with Gasteiger partial charge in [0.05, 0.1) is 24.0 Å². The van der Waals surface area contributed by atoms with Crippen molar-refractivity contribution in [2.24, 2.45) is 5.10 Å². The van der Waals surface area contributed by atoms with Gasteiger partial charge in [0.1, 0.15) is 11.8 Å². The van der Waals surface area contributed by atoms with Gasteiger partial charge in [0, 0.05) is 18.0 Å². The molecule has 168 valence electrons. The maximum Gasteiger partial charge on any atom is 0.253 e. The highest BCUT2D eigenvalue weighted by molar-refractivity contribution is 7.99. The zero-order valence-corrected chi connectivity index (χ0v) is 19.3. The Morgan fingerprint density at radius 3 is 2.61 bits per heavy atom. The summed E-state index contributed by atoms with van der Waals surface area (Å²) in [6.07, 6.45) is 3.75. The Morgan fingerprint density at radius 2 is 1.91 bits per heavy atom. The van der Waals surface area contributed by atoms with Gasteiger partial charge in [-0.2, -0.15) is 5.10 Å². The topological polar surface area (TPSA) is 89.7 Å². The Labute approximate surface area is 199 Å². The summed E-state index contributed by atoms with van der Waals surface area (Å²) >= 11 is 7.35. The molecule has 0 radical (unpaired) electrons. The van der Waals surface area contributed by atoms with Crippen LogP contribution in [-0.2, 0) is 11.3 Å². The lowest BCUT2D eigenvalue weighted by atomic mass is 10.0. The molecule has 0 fully saturated rings. The predicted octanol–water partition coefficient (Wildman–Crippen LogP) is 5.27. The van der Waals surface area contributed by atoms with Gasteiger partial charge >= 0.3 is 0 Å². The van der Waals surface area contributed by atoms with Crippen LogP contribution in [0.25, 0.3) is 11.6 Å². The number of hydrazone groups is 1. The van der Waals surface area contributed by atoms with E-state index in [9.17, 15) is 4.79 Å². The summed E-state index contributed by atoms with van der Waals surface area (Å²) in [5.74, 6) is 1.98. The number of hydrogen-bond acceptors (Lipinski definition) is 7. The molecule has 0 aliphatic carbocycles. The fraction of sp³-hybridized carbons (Fsp3) is 0.217. The van der Waals surface area contributed by atoms with Crippen molar-refractivity contribution < 1.29 is 13.6 Å². The molecule has 10 heteroatoms. The van der Waals surface area contributed by atoms with Gasteiger partial charge in [0.15, 0.2) is 16.7 Å². The predicted molar refractivity (Wildman–Crippen MR) is 125 cm³/mol. The van der Waals surface area contributed by atoms with Gasteiger partial charge in [-0.1, -0.05) is 35.5 Å². The number of nitrogens with zero attached hydrogens (tertiary/aromatic N) is 5. The van der Waals surface area contributed by atoms with Gasteiger partial charge in [-0.3, -0.25) is 9.36 Å². The first-order valence-corrected chi connectivity index (χ1v) is 11.8. The van der Waals surface area contributed by atoms with Crippen molar-refractivity contribution >= 4 is 35.0 Å². The number of aromatic nitrogens is 3. The second-order valence-electron chi connectivity index (χ2n) is 7.34. The van der Waals surface area contributed by atoms with Crippen LogP contribution >= 0.6 is 23.4 Å². The van der Waals surface area contributed by atoms with Gasteiger partial charge in [-0.05, 0) is 48.9 Å². The van der Waals surface area contributed by atoms with E-state index in [0.717, 1.165) is 11.3 Å². The third-order valence-corrected chi connectivity index (χ3v) is 6.52. The largest absolute Gasteiger partial charge is 0.467 e. The molecule has 1 aliphatic heterocycles. The average Bonchev–Trinajstić information content (AvgIpc) is 3.62. The smallest absolute Gasteiger partial charge is 0.253 e. The van der Waals surface area contributed by atoms with E-state index in [1.54, 1.807) is 18.6 Å². The quantitative estimate of drug-likeness (QED) is 0.334. The second-order valence-corrected chi connectivity index (χ2v) is 8.72. The number of halogens is 1. The molecule has 33 heavy (non-hydrogen) atoms. The minimum absolute atomic E-state index is 0.143. The highest BCUT2D eigenvalue weighted by atomic mass is 35.5. The number of carbonyl (C=O) groups excluding carboxylic acids is 1. The molecule has 4 aromatic rings. The van der Waals surface area contributed by atoms with Crippen LogP contribution in [0.3, 0.4) is 0 Å². The number of amides is 1. The number of carbonyl (C=O) groups is 1. The van der Waals surface area contributed by atoms with Gasteiger partial charge in [0.2, 0.25) is 0 Å². The van der Waals surface area contributed by atoms with E-state index in [0.29, 0.717) is 40.5 Å². The standard InChI is InChI=1S/C23H20ClN5O3S/c1-2-28-22(20-6-4-12-32-20)25-26-23(28)33-14-21(30)29-18(19-5-3-11-31-19)13-17(27-29)15-7-9-16(24)10-8-15/h3-12,18H,2,13-14H2,1H3/t18-/m1/s1. The lowest BCUT2D eigenvalue weighted by molar-refractivity contribution is -0.130. The molecule has 4 heterocycles. The molecule has 1 amide bonds. The molecule has 1 aliphatic rings. The summed E-state index contributed by atoms with van der Waals surface area (Å²) in [6, 6.07) is 14.5. The van der Waals surface area contributed by atoms with E-state index in [1.165, 1.54) is 16.8 Å². The average molecular weight is 482 g/mol. The Morgan fingerprint density at radius 1 is 1.12 bits per heavy atom. The van der Waals surface area contributed by atoms with Crippen molar-refractivity contribution in [2.75, 3.05) is 5.75 Å². The van der Waals surface area contributed by atoms with E-state index < -0.39 is 0 Å². The Bertz CT molecular complexity index is 1270. The van der Waals surface area contributed by atoms with E-state index in [4.69, 9.17) is 20.4 Å². The summed E-state index contributed by atoms with van der Waals surface area (Å²) in [7, 11) is 0. The SMILES string of the molecule is CCn1c(SCC(=O)N2N=C(c3ccc(Cl)cc3)C[C@@H]2c2ccco2)nnc1-c1ccco1. The molecule has 8 nitrogen and oxygen atoms in total. The molecule has 0 unspecified atom stereocenters. The molecular weight excluding hydrogens is 462 g/mol. The fourth-order valence-electron chi connectivity index (χ4n) is 3.72. The molecular formula is C23H20ClN5O3S. The highest BCUT2D eigenvalue weighted by Crippen LogP contribution is 2.34. The van der Waals surface area contributed by atoms with E-state index in [1.807, 2.05) is 54.0 Å². The maximum atomic E-state index is 13.2. The summed E-state index contributed by atoms with van der Waals surface area (Å²) in [5.41, 5.74) is 1.73.